The average molecular weight is 495 g/mol. The number of hydrogen-bond acceptors (Lipinski definition) is 6. The molecule has 0 aromatic rings. The number of carbonyl (C=O) groups excluding carboxylic acids is 1. The van der Waals surface area contributed by atoms with E-state index < -0.39 is 5.60 Å². The highest BCUT2D eigenvalue weighted by Crippen LogP contribution is 2.72. The van der Waals surface area contributed by atoms with E-state index in [0.29, 0.717) is 24.4 Å². The Balaban J connectivity index is 0.000000970. The molecular formula is C28H46O5S. The largest absolute Gasteiger partial charge is 0.458 e. The van der Waals surface area contributed by atoms with Crippen LogP contribution >= 0.6 is 11.8 Å². The molecule has 8 unspecified atom stereocenters. The first kappa shape index (κ1) is 29.2. The summed E-state index contributed by atoms with van der Waals surface area (Å²) in [6.07, 6.45) is 15.4. The van der Waals surface area contributed by atoms with Gasteiger partial charge in [0.25, 0.3) is 0 Å². The average Bonchev–Trinajstić information content (AvgIpc) is 3.56. The molecule has 5 nitrogen and oxygen atoms in total. The number of allylic oxidation sites excluding steroid dienone is 1. The lowest BCUT2D eigenvalue weighted by Gasteiger charge is -2.61. The molecule has 3 fully saturated rings. The Bertz CT molecular complexity index is 763. The van der Waals surface area contributed by atoms with E-state index in [9.17, 15) is 4.79 Å². The fourth-order valence-corrected chi connectivity index (χ4v) is 7.39. The zero-order valence-corrected chi connectivity index (χ0v) is 23.5. The summed E-state index contributed by atoms with van der Waals surface area (Å²) in [7, 11) is 0. The minimum Gasteiger partial charge on any atom is -0.458 e. The third-order valence-corrected chi connectivity index (χ3v) is 8.90. The molecule has 34 heavy (non-hydrogen) atoms. The van der Waals surface area contributed by atoms with Crippen molar-refractivity contribution in [3.8, 4) is 12.8 Å². The Morgan fingerprint density at radius 1 is 1.26 bits per heavy atom. The van der Waals surface area contributed by atoms with Crippen LogP contribution < -0.4 is 0 Å². The molecule has 194 valence electrons. The molecule has 4 rings (SSSR count). The minimum atomic E-state index is -0.473. The Morgan fingerprint density at radius 3 is 2.47 bits per heavy atom. The number of hydrogen-bond donors (Lipinski definition) is 0. The second-order valence-corrected chi connectivity index (χ2v) is 11.2. The van der Waals surface area contributed by atoms with Crippen molar-refractivity contribution in [2.75, 3.05) is 18.8 Å². The molecule has 0 aromatic carbocycles. The monoisotopic (exact) mass is 494 g/mol. The number of thioether (sulfide) groups is 1. The predicted octanol–water partition coefficient (Wildman–Crippen LogP) is 5.86. The zero-order chi connectivity index (χ0) is 25.9. The van der Waals surface area contributed by atoms with Crippen molar-refractivity contribution in [3.63, 3.8) is 0 Å². The van der Waals surface area contributed by atoms with E-state index in [1.54, 1.807) is 11.8 Å². The van der Waals surface area contributed by atoms with Crippen LogP contribution in [0.4, 0.5) is 0 Å². The number of carbonyl (C=O) groups is 1. The molecule has 2 aliphatic carbocycles. The van der Waals surface area contributed by atoms with Crippen molar-refractivity contribution >= 4 is 17.7 Å². The molecule has 4 aliphatic rings. The molecule has 0 bridgehead atoms. The highest BCUT2D eigenvalue weighted by molar-refractivity contribution is 7.98. The van der Waals surface area contributed by atoms with Gasteiger partial charge in [0.05, 0.1) is 24.8 Å². The van der Waals surface area contributed by atoms with E-state index in [1.807, 2.05) is 20.8 Å². The Hall–Kier alpha value is -1.00. The Morgan fingerprint density at radius 2 is 1.91 bits per heavy atom. The van der Waals surface area contributed by atoms with Crippen molar-refractivity contribution < 1.29 is 23.7 Å². The van der Waals surface area contributed by atoms with Gasteiger partial charge < -0.3 is 18.9 Å². The van der Waals surface area contributed by atoms with Crippen LogP contribution in [0.15, 0.2) is 11.6 Å². The van der Waals surface area contributed by atoms with Gasteiger partial charge in [0.1, 0.15) is 17.3 Å². The normalized spacial score (nSPS) is 40.5. The lowest BCUT2D eigenvalue weighted by molar-refractivity contribution is -0.263. The third-order valence-electron chi connectivity index (χ3n) is 8.53. The number of fused-ring (bicyclic) bond motifs is 1. The van der Waals surface area contributed by atoms with Crippen LogP contribution in [-0.2, 0) is 23.7 Å². The maximum atomic E-state index is 11.6. The van der Waals surface area contributed by atoms with Crippen LogP contribution in [-0.4, -0.2) is 54.3 Å². The predicted molar refractivity (Wildman–Crippen MR) is 140 cm³/mol. The Kier molecular flexibility index (Phi) is 9.78. The van der Waals surface area contributed by atoms with E-state index in [2.05, 4.69) is 52.9 Å². The van der Waals surface area contributed by atoms with Gasteiger partial charge in [-0.1, -0.05) is 40.7 Å². The molecule has 0 N–H and O–H groups in total. The second kappa shape index (κ2) is 11.4. The first-order valence-corrected chi connectivity index (χ1v) is 14.1. The minimum absolute atomic E-state index is 0.0155. The summed E-state index contributed by atoms with van der Waals surface area (Å²) in [5.41, 5.74) is 0.315. The van der Waals surface area contributed by atoms with Crippen molar-refractivity contribution in [2.45, 2.75) is 104 Å². The van der Waals surface area contributed by atoms with Crippen LogP contribution in [0.5, 0.6) is 0 Å². The van der Waals surface area contributed by atoms with Crippen molar-refractivity contribution in [2.24, 2.45) is 23.2 Å². The van der Waals surface area contributed by atoms with Crippen LogP contribution in [0.3, 0.4) is 0 Å². The molecule has 1 spiro atoms. The van der Waals surface area contributed by atoms with Crippen LogP contribution in [0, 0.1) is 36.0 Å². The summed E-state index contributed by atoms with van der Waals surface area (Å²) < 4.78 is 25.6. The topological polar surface area (TPSA) is 57.3 Å². The van der Waals surface area contributed by atoms with Crippen LogP contribution in [0.25, 0.3) is 0 Å². The number of rotatable bonds is 6. The maximum Gasteiger partial charge on any atom is 0.303 e. The SMILES string of the molecule is C#C.CC.CSCOC1C(C(C)C)CC2OC23C2(C)CCC=C(C(C)OC(C)=O)C2COC13C. The maximum absolute atomic E-state index is 11.6. The summed E-state index contributed by atoms with van der Waals surface area (Å²) in [6, 6.07) is 0. The number of epoxide rings is 1. The van der Waals surface area contributed by atoms with Crippen molar-refractivity contribution in [1.82, 2.24) is 0 Å². The molecule has 1 saturated carbocycles. The third kappa shape index (κ3) is 4.47. The summed E-state index contributed by atoms with van der Waals surface area (Å²) in [6.45, 7) is 17.3. The van der Waals surface area contributed by atoms with Crippen molar-refractivity contribution in [3.05, 3.63) is 11.6 Å². The molecule has 2 heterocycles. The van der Waals surface area contributed by atoms with E-state index >= 15 is 0 Å². The first-order chi connectivity index (χ1) is 16.1. The molecule has 6 heteroatoms. The van der Waals surface area contributed by atoms with Crippen LogP contribution in [0.1, 0.15) is 74.7 Å². The number of ether oxygens (including phenoxy) is 4. The standard InChI is InChI=1S/C24H38O5S.C2H6.C2H2/c1-14(2)18-11-20-24(29-20)22(5)10-8-9-17(15(3)28-16(4)25)19(22)12-27-23(24,6)21(18)26-13-30-7;2*1-2/h9,14-15,18-21H,8,10-13H2,1-7H3;1-2H3;1-2H. The van der Waals surface area contributed by atoms with Crippen molar-refractivity contribution in [1.29, 1.82) is 0 Å². The summed E-state index contributed by atoms with van der Waals surface area (Å²) >= 11 is 1.72. The van der Waals surface area contributed by atoms with E-state index in [1.165, 1.54) is 12.5 Å². The van der Waals surface area contributed by atoms with Crippen LogP contribution in [0.2, 0.25) is 0 Å². The van der Waals surface area contributed by atoms with Gasteiger partial charge >= 0.3 is 5.97 Å². The molecule has 2 aliphatic heterocycles. The molecule has 0 radical (unpaired) electrons. The highest BCUT2D eigenvalue weighted by Gasteiger charge is 2.83. The van der Waals surface area contributed by atoms with Gasteiger partial charge in [0.2, 0.25) is 0 Å². The van der Waals surface area contributed by atoms with E-state index in [-0.39, 0.29) is 41.2 Å². The summed E-state index contributed by atoms with van der Waals surface area (Å²) in [4.78, 5) is 11.6. The fraction of sp³-hybridized carbons (Fsp3) is 0.821. The highest BCUT2D eigenvalue weighted by atomic mass is 32.2. The van der Waals surface area contributed by atoms with Gasteiger partial charge in [0.15, 0.2) is 0 Å². The number of esters is 1. The lowest BCUT2D eigenvalue weighted by atomic mass is 9.49. The first-order valence-electron chi connectivity index (χ1n) is 12.7. The summed E-state index contributed by atoms with van der Waals surface area (Å²) in [5, 5.41) is 0. The molecule has 2 saturated heterocycles. The van der Waals surface area contributed by atoms with Gasteiger partial charge in [-0.25, -0.2) is 0 Å². The second-order valence-electron chi connectivity index (χ2n) is 10.4. The summed E-state index contributed by atoms with van der Waals surface area (Å²) in [5.74, 6) is 1.55. The van der Waals surface area contributed by atoms with E-state index in [4.69, 9.17) is 18.9 Å². The van der Waals surface area contributed by atoms with Gasteiger partial charge in [-0.3, -0.25) is 4.79 Å². The number of terminal acetylenes is 1. The van der Waals surface area contributed by atoms with Gasteiger partial charge in [-0.05, 0) is 56.8 Å². The molecule has 8 atom stereocenters. The van der Waals surface area contributed by atoms with Gasteiger partial charge in [-0.15, -0.1) is 24.6 Å². The van der Waals surface area contributed by atoms with E-state index in [0.717, 1.165) is 19.3 Å². The fourth-order valence-electron chi connectivity index (χ4n) is 7.11. The molecular weight excluding hydrogens is 448 g/mol. The smallest absolute Gasteiger partial charge is 0.303 e. The molecule has 0 amide bonds. The zero-order valence-electron chi connectivity index (χ0n) is 22.7. The van der Waals surface area contributed by atoms with Gasteiger partial charge in [-0.2, -0.15) is 0 Å². The lowest BCUT2D eigenvalue weighted by Crippen LogP contribution is -2.72. The quantitative estimate of drug-likeness (QED) is 0.151. The molecule has 0 aromatic heterocycles. The Labute approximate surface area is 212 Å². The van der Waals surface area contributed by atoms with Gasteiger partial charge in [0, 0.05) is 18.3 Å².